The van der Waals surface area contributed by atoms with Crippen molar-refractivity contribution in [3.8, 4) is 0 Å². The molecule has 0 aromatic rings. The molecule has 3 nitrogen and oxygen atoms in total. The average molecular weight is 334 g/mol. The Morgan fingerprint density at radius 3 is 2.67 bits per heavy atom. The van der Waals surface area contributed by atoms with Gasteiger partial charge < -0.3 is 9.47 Å². The minimum absolute atomic E-state index is 0.0208. The zero-order chi connectivity index (χ0) is 16.5. The monoisotopic (exact) mass is 334 g/mol. The second-order valence-corrected chi connectivity index (χ2v) is 8.87. The first-order valence-corrected chi connectivity index (χ1v) is 9.71. The lowest BCUT2D eigenvalue weighted by Crippen LogP contribution is -2.53. The van der Waals surface area contributed by atoms with E-state index in [4.69, 9.17) is 9.47 Å². The first-order chi connectivity index (χ1) is 11.5. The number of allylic oxidation sites excluding steroid dienone is 2. The number of rotatable bonds is 0. The van der Waals surface area contributed by atoms with Crippen molar-refractivity contribution < 1.29 is 18.7 Å². The van der Waals surface area contributed by atoms with Crippen molar-refractivity contribution in [3.05, 3.63) is 11.4 Å². The number of carbonyl (C=O) groups is 1. The Labute approximate surface area is 143 Å². The van der Waals surface area contributed by atoms with Gasteiger partial charge in [0.2, 0.25) is 0 Å². The van der Waals surface area contributed by atoms with Gasteiger partial charge in [-0.15, -0.1) is 0 Å². The quantitative estimate of drug-likeness (QED) is 0.667. The van der Waals surface area contributed by atoms with Gasteiger partial charge in [0.25, 0.3) is 0 Å². The number of ether oxygens (including phenoxy) is 2. The summed E-state index contributed by atoms with van der Waals surface area (Å²) in [7, 11) is 0. The van der Waals surface area contributed by atoms with Crippen LogP contribution in [-0.2, 0) is 14.3 Å². The Balaban J connectivity index is 1.49. The normalized spacial score (nSPS) is 46.8. The average Bonchev–Trinajstić information content (AvgIpc) is 3.15. The van der Waals surface area contributed by atoms with Crippen molar-refractivity contribution in [3.63, 3.8) is 0 Å². The van der Waals surface area contributed by atoms with Crippen molar-refractivity contribution in [1.82, 2.24) is 0 Å². The predicted molar refractivity (Wildman–Crippen MR) is 86.8 cm³/mol. The lowest BCUT2D eigenvalue weighted by molar-refractivity contribution is -0.240. The van der Waals surface area contributed by atoms with Gasteiger partial charge in [-0.05, 0) is 54.9 Å². The molecule has 0 bridgehead atoms. The van der Waals surface area contributed by atoms with Crippen LogP contribution in [0.15, 0.2) is 11.4 Å². The van der Waals surface area contributed by atoms with Gasteiger partial charge in [-0.25, -0.2) is 4.39 Å². The van der Waals surface area contributed by atoms with Crippen LogP contribution in [0.3, 0.4) is 0 Å². The molecular formula is C20H27FO3. The Morgan fingerprint density at radius 2 is 1.88 bits per heavy atom. The molecule has 0 amide bonds. The maximum atomic E-state index is 14.9. The van der Waals surface area contributed by atoms with Crippen molar-refractivity contribution in [1.29, 1.82) is 0 Å². The van der Waals surface area contributed by atoms with Crippen LogP contribution in [0.25, 0.3) is 0 Å². The molecule has 4 aliphatic carbocycles. The van der Waals surface area contributed by atoms with Crippen LogP contribution in [0.5, 0.6) is 0 Å². The maximum absolute atomic E-state index is 14.9. The fourth-order valence-electron chi connectivity index (χ4n) is 7.03. The van der Waals surface area contributed by atoms with E-state index in [1.807, 2.05) is 0 Å². The topological polar surface area (TPSA) is 35.5 Å². The van der Waals surface area contributed by atoms with Gasteiger partial charge in [-0.2, -0.15) is 0 Å². The molecule has 1 spiro atoms. The van der Waals surface area contributed by atoms with Crippen molar-refractivity contribution in [2.45, 2.75) is 64.1 Å². The lowest BCUT2D eigenvalue weighted by atomic mass is 9.52. The van der Waals surface area contributed by atoms with E-state index in [0.717, 1.165) is 37.7 Å². The molecule has 1 saturated heterocycles. The van der Waals surface area contributed by atoms with Gasteiger partial charge in [-0.3, -0.25) is 4.79 Å². The van der Waals surface area contributed by atoms with E-state index in [9.17, 15) is 9.18 Å². The third-order valence-electron chi connectivity index (χ3n) is 8.14. The van der Waals surface area contributed by atoms with Gasteiger partial charge in [0.1, 0.15) is 11.6 Å². The molecule has 132 valence electrons. The van der Waals surface area contributed by atoms with Gasteiger partial charge in [0.15, 0.2) is 5.79 Å². The number of hydrogen-bond donors (Lipinski definition) is 0. The molecule has 4 heteroatoms. The minimum atomic E-state index is -0.411. The van der Waals surface area contributed by atoms with E-state index in [0.29, 0.717) is 56.1 Å². The first kappa shape index (κ1) is 15.5. The largest absolute Gasteiger partial charge is 0.347 e. The maximum Gasteiger partial charge on any atom is 0.174 e. The molecule has 0 N–H and O–H groups in total. The number of ketones is 1. The second-order valence-electron chi connectivity index (χ2n) is 8.87. The van der Waals surface area contributed by atoms with E-state index in [1.54, 1.807) is 0 Å². The highest BCUT2D eigenvalue weighted by molar-refractivity contribution is 5.82. The summed E-state index contributed by atoms with van der Waals surface area (Å²) in [5.41, 5.74) is 0.879. The number of halogens is 1. The molecule has 0 aromatic heterocycles. The van der Waals surface area contributed by atoms with Crippen LogP contribution in [0, 0.1) is 29.1 Å². The number of fused-ring (bicyclic) bond motifs is 6. The number of Topliss-reactive ketones (excluding diaryl/α,β-unsaturated/α-hetero) is 1. The molecule has 4 fully saturated rings. The number of hydrogen-bond acceptors (Lipinski definition) is 3. The molecule has 0 radical (unpaired) electrons. The van der Waals surface area contributed by atoms with Crippen LogP contribution < -0.4 is 0 Å². The highest BCUT2D eigenvalue weighted by Gasteiger charge is 2.65. The van der Waals surface area contributed by atoms with Crippen molar-refractivity contribution >= 4 is 5.78 Å². The molecular weight excluding hydrogens is 307 g/mol. The molecule has 0 aromatic carbocycles. The van der Waals surface area contributed by atoms with E-state index in [1.165, 1.54) is 0 Å². The van der Waals surface area contributed by atoms with E-state index in [2.05, 4.69) is 6.92 Å². The SMILES string of the molecule is C[C@]12CC[C@H]3[C@@H](CC(F)=C4CC(=O)CC[C@@H]43)[C@@H]1CCC21OCCO1. The van der Waals surface area contributed by atoms with E-state index >= 15 is 0 Å². The summed E-state index contributed by atoms with van der Waals surface area (Å²) in [6, 6.07) is 0. The smallest absolute Gasteiger partial charge is 0.174 e. The van der Waals surface area contributed by atoms with E-state index in [-0.39, 0.29) is 17.0 Å². The summed E-state index contributed by atoms with van der Waals surface area (Å²) < 4.78 is 27.1. The van der Waals surface area contributed by atoms with Crippen LogP contribution in [-0.4, -0.2) is 24.8 Å². The third-order valence-corrected chi connectivity index (χ3v) is 8.14. The van der Waals surface area contributed by atoms with Crippen LogP contribution in [0.2, 0.25) is 0 Å². The Kier molecular flexibility index (Phi) is 3.32. The standard InChI is InChI=1S/C20H27FO3/c1-19-6-4-14-13-3-2-12(22)10-16(13)18(21)11-15(14)17(19)5-7-20(19)23-8-9-24-20/h13-15,17H,2-11H2,1H3/t13-,14-,15-,17+,19+/m1/s1. The van der Waals surface area contributed by atoms with Crippen LogP contribution in [0.1, 0.15) is 58.3 Å². The summed E-state index contributed by atoms with van der Waals surface area (Å²) in [6.45, 7) is 3.72. The molecule has 1 aliphatic heterocycles. The fraction of sp³-hybridized carbons (Fsp3) is 0.850. The zero-order valence-electron chi connectivity index (χ0n) is 14.5. The Hall–Kier alpha value is -0.740. The highest BCUT2D eigenvalue weighted by Crippen LogP contribution is 2.66. The molecule has 5 atom stereocenters. The molecule has 1 heterocycles. The van der Waals surface area contributed by atoms with E-state index < -0.39 is 5.79 Å². The molecule has 3 saturated carbocycles. The van der Waals surface area contributed by atoms with Crippen LogP contribution in [0.4, 0.5) is 4.39 Å². The molecule has 5 aliphatic rings. The predicted octanol–water partition coefficient (Wildman–Crippen LogP) is 4.17. The number of carbonyl (C=O) groups excluding carboxylic acids is 1. The molecule has 5 rings (SSSR count). The molecule has 0 unspecified atom stereocenters. The van der Waals surface area contributed by atoms with Gasteiger partial charge in [0, 0.05) is 31.1 Å². The summed E-state index contributed by atoms with van der Waals surface area (Å²) in [4.78, 5) is 11.8. The Bertz CT molecular complexity index is 606. The summed E-state index contributed by atoms with van der Waals surface area (Å²) >= 11 is 0. The van der Waals surface area contributed by atoms with Crippen molar-refractivity contribution in [2.75, 3.05) is 13.2 Å². The molecule has 24 heavy (non-hydrogen) atoms. The third kappa shape index (κ3) is 1.87. The van der Waals surface area contributed by atoms with Crippen molar-refractivity contribution in [2.24, 2.45) is 29.1 Å². The zero-order valence-corrected chi connectivity index (χ0v) is 14.5. The minimum Gasteiger partial charge on any atom is -0.347 e. The fourth-order valence-corrected chi connectivity index (χ4v) is 7.03. The van der Waals surface area contributed by atoms with Gasteiger partial charge >= 0.3 is 0 Å². The summed E-state index contributed by atoms with van der Waals surface area (Å²) in [6.07, 6.45) is 6.70. The van der Waals surface area contributed by atoms with Gasteiger partial charge in [0.05, 0.1) is 13.2 Å². The van der Waals surface area contributed by atoms with Crippen LogP contribution >= 0.6 is 0 Å². The second kappa shape index (κ2) is 5.14. The Morgan fingerprint density at radius 1 is 1.08 bits per heavy atom. The first-order valence-electron chi connectivity index (χ1n) is 9.71. The summed E-state index contributed by atoms with van der Waals surface area (Å²) in [5, 5.41) is 0. The highest BCUT2D eigenvalue weighted by atomic mass is 19.1. The van der Waals surface area contributed by atoms with Gasteiger partial charge in [-0.1, -0.05) is 6.92 Å². The summed E-state index contributed by atoms with van der Waals surface area (Å²) in [5.74, 6) is 1.61. The lowest BCUT2D eigenvalue weighted by Gasteiger charge is -2.54.